The summed E-state index contributed by atoms with van der Waals surface area (Å²) in [5.74, 6) is -6.44. The highest BCUT2D eigenvalue weighted by Crippen LogP contribution is 2.29. The van der Waals surface area contributed by atoms with E-state index in [0.717, 1.165) is 4.57 Å². The number of carbonyl (C=O) groups excluding carboxylic acids is 2. The molecule has 1 aromatic heterocycles. The fourth-order valence-corrected chi connectivity index (χ4v) is 3.96. The summed E-state index contributed by atoms with van der Waals surface area (Å²) >= 11 is 0. The number of rotatable bonds is 6. The van der Waals surface area contributed by atoms with E-state index in [1.165, 1.54) is 29.2 Å². The van der Waals surface area contributed by atoms with Gasteiger partial charge in [0.25, 0.3) is 5.91 Å². The Kier molecular flexibility index (Phi) is 7.09. The average Bonchev–Trinajstić information content (AvgIpc) is 3.27. The lowest BCUT2D eigenvalue weighted by Crippen LogP contribution is -2.44. The third-order valence-corrected chi connectivity index (χ3v) is 5.80. The van der Waals surface area contributed by atoms with E-state index in [2.05, 4.69) is 15.5 Å². The minimum absolute atomic E-state index is 0.0803. The van der Waals surface area contributed by atoms with Crippen molar-refractivity contribution < 1.29 is 41.0 Å². The molecule has 2 N–H and O–H groups in total. The smallest absolute Gasteiger partial charge is 0.451 e. The Bertz CT molecular complexity index is 1330. The number of nitrogens with zero attached hydrogens (tertiary/aromatic N) is 4. The SMILES string of the molecule is O=C(N[C@@H](CC(=O)N1CCn2c(nnc2C(F)(F)F)C1)Cc1cc(F)c(F)cc1F)c1ccc(O)cc1. The van der Waals surface area contributed by atoms with E-state index in [1.54, 1.807) is 0 Å². The van der Waals surface area contributed by atoms with Crippen molar-refractivity contribution in [3.05, 3.63) is 76.6 Å². The van der Waals surface area contributed by atoms with Gasteiger partial charge < -0.3 is 19.9 Å². The predicted molar refractivity (Wildman–Crippen MR) is 114 cm³/mol. The van der Waals surface area contributed by atoms with E-state index in [4.69, 9.17) is 0 Å². The molecule has 2 aromatic carbocycles. The third kappa shape index (κ3) is 5.84. The number of carbonyl (C=O) groups is 2. The van der Waals surface area contributed by atoms with Gasteiger partial charge in [-0.15, -0.1) is 10.2 Å². The molecule has 3 aromatic rings. The molecule has 0 bridgehead atoms. The Hall–Kier alpha value is -4.10. The number of amides is 2. The number of benzene rings is 2. The molecule has 2 amide bonds. The zero-order chi connectivity index (χ0) is 26.9. The molecular weight excluding hydrogens is 508 g/mol. The Morgan fingerprint density at radius 1 is 1.00 bits per heavy atom. The second kappa shape index (κ2) is 10.1. The lowest BCUT2D eigenvalue weighted by atomic mass is 10.0. The zero-order valence-corrected chi connectivity index (χ0v) is 18.9. The van der Waals surface area contributed by atoms with Gasteiger partial charge in [0.05, 0.1) is 6.54 Å². The van der Waals surface area contributed by atoms with Crippen LogP contribution in [-0.4, -0.2) is 49.2 Å². The van der Waals surface area contributed by atoms with Crippen molar-refractivity contribution in [1.29, 1.82) is 0 Å². The van der Waals surface area contributed by atoms with Crippen LogP contribution in [-0.2, 0) is 30.5 Å². The molecule has 14 heteroatoms. The molecule has 8 nitrogen and oxygen atoms in total. The Balaban J connectivity index is 1.53. The first-order chi connectivity index (χ1) is 17.4. The molecule has 0 saturated heterocycles. The van der Waals surface area contributed by atoms with Crippen LogP contribution in [0.3, 0.4) is 0 Å². The van der Waals surface area contributed by atoms with Crippen LogP contribution in [0.4, 0.5) is 26.3 Å². The van der Waals surface area contributed by atoms with Crippen molar-refractivity contribution in [3.8, 4) is 5.75 Å². The van der Waals surface area contributed by atoms with Gasteiger partial charge in [-0.2, -0.15) is 13.2 Å². The second-order valence-electron chi connectivity index (χ2n) is 8.39. The lowest BCUT2D eigenvalue weighted by molar-refractivity contribution is -0.148. The molecule has 1 aliphatic heterocycles. The van der Waals surface area contributed by atoms with Gasteiger partial charge in [-0.3, -0.25) is 9.59 Å². The van der Waals surface area contributed by atoms with Gasteiger partial charge in [-0.1, -0.05) is 0 Å². The molecule has 1 atom stereocenters. The molecule has 0 fully saturated rings. The number of aromatic nitrogens is 3. The van der Waals surface area contributed by atoms with E-state index in [1.807, 2.05) is 0 Å². The van der Waals surface area contributed by atoms with Crippen molar-refractivity contribution in [1.82, 2.24) is 25.0 Å². The van der Waals surface area contributed by atoms with Gasteiger partial charge in [0.1, 0.15) is 11.6 Å². The molecule has 0 saturated carbocycles. The van der Waals surface area contributed by atoms with E-state index >= 15 is 0 Å². The minimum atomic E-state index is -4.71. The number of nitrogens with one attached hydrogen (secondary N) is 1. The average molecular weight is 527 g/mol. The molecule has 0 spiro atoms. The largest absolute Gasteiger partial charge is 0.508 e. The number of hydrogen-bond acceptors (Lipinski definition) is 5. The number of halogens is 6. The summed E-state index contributed by atoms with van der Waals surface area (Å²) in [6.07, 6.45) is -5.53. The number of fused-ring (bicyclic) bond motifs is 1. The monoisotopic (exact) mass is 527 g/mol. The molecule has 2 heterocycles. The zero-order valence-electron chi connectivity index (χ0n) is 18.9. The molecular formula is C23H19F6N5O3. The summed E-state index contributed by atoms with van der Waals surface area (Å²) in [4.78, 5) is 26.9. The van der Waals surface area contributed by atoms with Crippen LogP contribution in [0.1, 0.15) is 34.0 Å². The summed E-state index contributed by atoms with van der Waals surface area (Å²) < 4.78 is 81.5. The van der Waals surface area contributed by atoms with Crippen LogP contribution in [0.15, 0.2) is 36.4 Å². The molecule has 0 aliphatic carbocycles. The van der Waals surface area contributed by atoms with Crippen LogP contribution in [0, 0.1) is 17.5 Å². The number of alkyl halides is 3. The van der Waals surface area contributed by atoms with Gasteiger partial charge >= 0.3 is 6.18 Å². The molecule has 0 radical (unpaired) electrons. The number of phenolic OH excluding ortho intramolecular Hbond substituents is 1. The van der Waals surface area contributed by atoms with E-state index in [-0.39, 0.29) is 48.8 Å². The highest BCUT2D eigenvalue weighted by Gasteiger charge is 2.40. The quantitative estimate of drug-likeness (QED) is 0.379. The predicted octanol–water partition coefficient (Wildman–Crippen LogP) is 3.19. The first-order valence-corrected chi connectivity index (χ1v) is 10.9. The van der Waals surface area contributed by atoms with E-state index in [9.17, 15) is 41.0 Å². The highest BCUT2D eigenvalue weighted by molar-refractivity contribution is 5.94. The summed E-state index contributed by atoms with van der Waals surface area (Å²) in [5.41, 5.74) is -0.192. The first kappa shape index (κ1) is 26.0. The van der Waals surface area contributed by atoms with Crippen molar-refractivity contribution in [2.45, 2.75) is 38.1 Å². The van der Waals surface area contributed by atoms with Crippen molar-refractivity contribution in [2.24, 2.45) is 0 Å². The summed E-state index contributed by atoms with van der Waals surface area (Å²) in [7, 11) is 0. The number of phenols is 1. The normalized spacial score (nSPS) is 14.3. The minimum Gasteiger partial charge on any atom is -0.508 e. The molecule has 4 rings (SSSR count). The summed E-state index contributed by atoms with van der Waals surface area (Å²) in [5, 5.41) is 18.6. The van der Waals surface area contributed by atoms with Crippen molar-refractivity contribution in [3.63, 3.8) is 0 Å². The molecule has 37 heavy (non-hydrogen) atoms. The molecule has 1 aliphatic rings. The number of aromatic hydroxyl groups is 1. The van der Waals surface area contributed by atoms with Crippen LogP contribution < -0.4 is 5.32 Å². The first-order valence-electron chi connectivity index (χ1n) is 10.9. The van der Waals surface area contributed by atoms with Gasteiger partial charge in [-0.25, -0.2) is 13.2 Å². The maximum atomic E-state index is 14.3. The van der Waals surface area contributed by atoms with Gasteiger partial charge in [0.2, 0.25) is 11.7 Å². The van der Waals surface area contributed by atoms with Crippen molar-refractivity contribution in [2.75, 3.05) is 6.54 Å². The van der Waals surface area contributed by atoms with Crippen LogP contribution in [0.25, 0.3) is 0 Å². The van der Waals surface area contributed by atoms with Gasteiger partial charge in [0, 0.05) is 37.2 Å². The number of hydrogen-bond donors (Lipinski definition) is 2. The fourth-order valence-electron chi connectivity index (χ4n) is 3.96. The lowest BCUT2D eigenvalue weighted by Gasteiger charge is -2.29. The van der Waals surface area contributed by atoms with Gasteiger partial charge in [0.15, 0.2) is 17.5 Å². The third-order valence-electron chi connectivity index (χ3n) is 5.80. The van der Waals surface area contributed by atoms with Crippen LogP contribution >= 0.6 is 0 Å². The highest BCUT2D eigenvalue weighted by atomic mass is 19.4. The summed E-state index contributed by atoms with van der Waals surface area (Å²) in [6, 6.07) is 4.98. The Morgan fingerprint density at radius 2 is 1.68 bits per heavy atom. The van der Waals surface area contributed by atoms with E-state index < -0.39 is 53.7 Å². The van der Waals surface area contributed by atoms with Crippen molar-refractivity contribution >= 4 is 11.8 Å². The maximum Gasteiger partial charge on any atom is 0.451 e. The van der Waals surface area contributed by atoms with Crippen LogP contribution in [0.2, 0.25) is 0 Å². The van der Waals surface area contributed by atoms with E-state index in [0.29, 0.717) is 12.1 Å². The topological polar surface area (TPSA) is 100 Å². The van der Waals surface area contributed by atoms with Gasteiger partial charge in [-0.05, 0) is 42.3 Å². The molecule has 196 valence electrons. The standard InChI is InChI=1S/C23H19F6N5O3/c24-16-10-18(26)17(25)8-13(16)7-14(30-21(37)12-1-3-15(35)4-2-12)9-20(36)33-5-6-34-19(11-33)31-32-22(34)23(27,28)29/h1-4,8,10,14,35H,5-7,9,11H2,(H,30,37)/t14-/m1/s1. The Labute approximate surface area is 205 Å². The fraction of sp³-hybridized carbons (Fsp3) is 0.304. The second-order valence-corrected chi connectivity index (χ2v) is 8.39. The summed E-state index contributed by atoms with van der Waals surface area (Å²) in [6.45, 7) is -0.601. The maximum absolute atomic E-state index is 14.3. The van der Waals surface area contributed by atoms with Crippen LogP contribution in [0.5, 0.6) is 5.75 Å². The Morgan fingerprint density at radius 3 is 2.35 bits per heavy atom. The molecule has 0 unspecified atom stereocenters.